The summed E-state index contributed by atoms with van der Waals surface area (Å²) < 4.78 is 52.1. The van der Waals surface area contributed by atoms with Crippen LogP contribution in [0.1, 0.15) is 37.8 Å². The molecule has 1 aromatic rings. The smallest absolute Gasteiger partial charge is 0.211 e. The van der Waals surface area contributed by atoms with E-state index in [0.29, 0.717) is 18.4 Å². The molecule has 3 nitrogen and oxygen atoms in total. The minimum atomic E-state index is -3.43. The molecule has 0 saturated heterocycles. The Kier molecular flexibility index (Phi) is 6.07. The molecule has 0 spiro atoms. The van der Waals surface area contributed by atoms with Gasteiger partial charge in [0, 0.05) is 18.7 Å². The standard InChI is InChI=1S/C14H21F2NO2S/c1-4-6-11-8-14(16)12(9-13(11)15)10-17(7-5-2)20(3,18)19/h8-9H,4-7,10H2,1-3H3. The van der Waals surface area contributed by atoms with Gasteiger partial charge in [0.2, 0.25) is 10.0 Å². The summed E-state index contributed by atoms with van der Waals surface area (Å²) in [6, 6.07) is 2.27. The van der Waals surface area contributed by atoms with Crippen LogP contribution in [-0.4, -0.2) is 25.5 Å². The van der Waals surface area contributed by atoms with E-state index in [9.17, 15) is 17.2 Å². The normalized spacial score (nSPS) is 12.1. The summed E-state index contributed by atoms with van der Waals surface area (Å²) in [6.07, 6.45) is 2.88. The van der Waals surface area contributed by atoms with Crippen molar-refractivity contribution in [3.63, 3.8) is 0 Å². The van der Waals surface area contributed by atoms with Gasteiger partial charge in [0.15, 0.2) is 0 Å². The number of halogens is 2. The zero-order chi connectivity index (χ0) is 15.3. The van der Waals surface area contributed by atoms with Gasteiger partial charge in [-0.05, 0) is 30.5 Å². The summed E-state index contributed by atoms with van der Waals surface area (Å²) in [5, 5.41) is 0. The average Bonchev–Trinajstić information content (AvgIpc) is 2.33. The molecule has 0 radical (unpaired) electrons. The van der Waals surface area contributed by atoms with Gasteiger partial charge >= 0.3 is 0 Å². The SMILES string of the molecule is CCCc1cc(F)c(CN(CCC)S(C)(=O)=O)cc1F. The van der Waals surface area contributed by atoms with Crippen molar-refractivity contribution in [2.45, 2.75) is 39.7 Å². The van der Waals surface area contributed by atoms with Crippen LogP contribution < -0.4 is 0 Å². The highest BCUT2D eigenvalue weighted by molar-refractivity contribution is 7.88. The van der Waals surface area contributed by atoms with Crippen LogP contribution in [0.25, 0.3) is 0 Å². The number of benzene rings is 1. The van der Waals surface area contributed by atoms with E-state index >= 15 is 0 Å². The second kappa shape index (κ2) is 7.13. The fourth-order valence-corrected chi connectivity index (χ4v) is 2.90. The van der Waals surface area contributed by atoms with E-state index < -0.39 is 21.7 Å². The van der Waals surface area contributed by atoms with Gasteiger partial charge in [-0.25, -0.2) is 17.2 Å². The quantitative estimate of drug-likeness (QED) is 0.776. The molecular formula is C14H21F2NO2S. The van der Waals surface area contributed by atoms with Gasteiger partial charge in [-0.3, -0.25) is 0 Å². The molecular weight excluding hydrogens is 284 g/mol. The Labute approximate surface area is 119 Å². The zero-order valence-corrected chi connectivity index (χ0v) is 12.9. The maximum Gasteiger partial charge on any atom is 0.211 e. The third-order valence-corrected chi connectivity index (χ3v) is 4.27. The largest absolute Gasteiger partial charge is 0.212 e. The van der Waals surface area contributed by atoms with Crippen molar-refractivity contribution in [1.29, 1.82) is 0 Å². The second-order valence-corrected chi connectivity index (χ2v) is 6.86. The van der Waals surface area contributed by atoms with Gasteiger partial charge in [0.1, 0.15) is 11.6 Å². The van der Waals surface area contributed by atoms with Gasteiger partial charge in [-0.1, -0.05) is 20.3 Å². The maximum atomic E-state index is 14.0. The lowest BCUT2D eigenvalue weighted by Gasteiger charge is -2.20. The summed E-state index contributed by atoms with van der Waals surface area (Å²) >= 11 is 0. The van der Waals surface area contributed by atoms with E-state index in [-0.39, 0.29) is 18.7 Å². The first-order valence-electron chi connectivity index (χ1n) is 6.71. The highest BCUT2D eigenvalue weighted by atomic mass is 32.2. The monoisotopic (exact) mass is 305 g/mol. The van der Waals surface area contributed by atoms with Crippen LogP contribution >= 0.6 is 0 Å². The van der Waals surface area contributed by atoms with E-state index in [1.807, 2.05) is 13.8 Å². The van der Waals surface area contributed by atoms with Crippen LogP contribution in [0.4, 0.5) is 8.78 Å². The zero-order valence-electron chi connectivity index (χ0n) is 12.1. The Bertz CT molecular complexity index is 559. The van der Waals surface area contributed by atoms with Crippen molar-refractivity contribution < 1.29 is 17.2 Å². The van der Waals surface area contributed by atoms with Crippen LogP contribution in [0, 0.1) is 11.6 Å². The topological polar surface area (TPSA) is 37.4 Å². The van der Waals surface area contributed by atoms with Crippen LogP contribution in [0.3, 0.4) is 0 Å². The minimum absolute atomic E-state index is 0.0706. The Morgan fingerprint density at radius 1 is 1.05 bits per heavy atom. The molecule has 0 heterocycles. The molecule has 0 aliphatic carbocycles. The molecule has 1 aromatic carbocycles. The van der Waals surface area contributed by atoms with Gasteiger partial charge in [-0.15, -0.1) is 0 Å². The fourth-order valence-electron chi connectivity index (χ4n) is 2.01. The molecule has 0 amide bonds. The van der Waals surface area contributed by atoms with Gasteiger partial charge < -0.3 is 0 Å². The van der Waals surface area contributed by atoms with Crippen molar-refractivity contribution in [3.8, 4) is 0 Å². The molecule has 0 atom stereocenters. The van der Waals surface area contributed by atoms with E-state index in [1.165, 1.54) is 6.07 Å². The number of nitrogens with zero attached hydrogens (tertiary/aromatic N) is 1. The molecule has 0 aliphatic heterocycles. The maximum absolute atomic E-state index is 14.0. The Hall–Kier alpha value is -1.01. The van der Waals surface area contributed by atoms with Crippen molar-refractivity contribution in [2.75, 3.05) is 12.8 Å². The van der Waals surface area contributed by atoms with Crippen molar-refractivity contribution in [3.05, 3.63) is 34.9 Å². The van der Waals surface area contributed by atoms with Crippen LogP contribution in [0.2, 0.25) is 0 Å². The van der Waals surface area contributed by atoms with Crippen LogP contribution in [0.5, 0.6) is 0 Å². The molecule has 0 aliphatic rings. The van der Waals surface area contributed by atoms with Crippen molar-refractivity contribution in [2.24, 2.45) is 0 Å². The molecule has 0 fully saturated rings. The molecule has 0 N–H and O–H groups in total. The molecule has 20 heavy (non-hydrogen) atoms. The predicted octanol–water partition coefficient (Wildman–Crippen LogP) is 3.09. The van der Waals surface area contributed by atoms with Gasteiger partial charge in [0.05, 0.1) is 6.26 Å². The first kappa shape index (κ1) is 17.0. The highest BCUT2D eigenvalue weighted by Crippen LogP contribution is 2.19. The molecule has 0 unspecified atom stereocenters. The number of hydrogen-bond donors (Lipinski definition) is 0. The van der Waals surface area contributed by atoms with E-state index in [0.717, 1.165) is 23.0 Å². The number of aryl methyl sites for hydroxylation is 1. The van der Waals surface area contributed by atoms with E-state index in [4.69, 9.17) is 0 Å². The average molecular weight is 305 g/mol. The summed E-state index contributed by atoms with van der Waals surface area (Å²) in [5.74, 6) is -1.03. The molecule has 0 bridgehead atoms. The fraction of sp³-hybridized carbons (Fsp3) is 0.571. The molecule has 6 heteroatoms. The third-order valence-electron chi connectivity index (χ3n) is 3.02. The summed E-state index contributed by atoms with van der Waals surface area (Å²) in [4.78, 5) is 0. The van der Waals surface area contributed by atoms with Crippen LogP contribution in [0.15, 0.2) is 12.1 Å². The first-order chi connectivity index (χ1) is 9.29. The summed E-state index contributed by atoms with van der Waals surface area (Å²) in [6.45, 7) is 3.87. The highest BCUT2D eigenvalue weighted by Gasteiger charge is 2.19. The molecule has 0 saturated carbocycles. The number of rotatable bonds is 7. The predicted molar refractivity (Wildman–Crippen MR) is 75.9 cm³/mol. The van der Waals surface area contributed by atoms with E-state index in [2.05, 4.69) is 0 Å². The first-order valence-corrected chi connectivity index (χ1v) is 8.56. The Balaban J connectivity index is 3.05. The lowest BCUT2D eigenvalue weighted by molar-refractivity contribution is 0.400. The van der Waals surface area contributed by atoms with Crippen molar-refractivity contribution >= 4 is 10.0 Å². The minimum Gasteiger partial charge on any atom is -0.212 e. The Morgan fingerprint density at radius 3 is 2.10 bits per heavy atom. The number of hydrogen-bond acceptors (Lipinski definition) is 2. The molecule has 0 aromatic heterocycles. The van der Waals surface area contributed by atoms with E-state index in [1.54, 1.807) is 0 Å². The third kappa shape index (κ3) is 4.52. The lowest BCUT2D eigenvalue weighted by Crippen LogP contribution is -2.30. The van der Waals surface area contributed by atoms with Gasteiger partial charge in [-0.2, -0.15) is 4.31 Å². The van der Waals surface area contributed by atoms with Crippen molar-refractivity contribution in [1.82, 2.24) is 4.31 Å². The number of sulfonamides is 1. The second-order valence-electron chi connectivity index (χ2n) is 4.88. The van der Waals surface area contributed by atoms with Crippen LogP contribution in [-0.2, 0) is 23.0 Å². The van der Waals surface area contributed by atoms with Gasteiger partial charge in [0.25, 0.3) is 0 Å². The molecule has 1 rings (SSSR count). The lowest BCUT2D eigenvalue weighted by atomic mass is 10.1. The summed E-state index contributed by atoms with van der Waals surface area (Å²) in [5.41, 5.74) is 0.399. The molecule has 114 valence electrons. The summed E-state index contributed by atoms with van der Waals surface area (Å²) in [7, 11) is -3.43. The Morgan fingerprint density at radius 2 is 1.60 bits per heavy atom.